The van der Waals surface area contributed by atoms with Gasteiger partial charge in [-0.15, -0.1) is 0 Å². The Morgan fingerprint density at radius 1 is 1.27 bits per heavy atom. The predicted molar refractivity (Wildman–Crippen MR) is 122 cm³/mol. The van der Waals surface area contributed by atoms with Crippen LogP contribution in [0.15, 0.2) is 36.5 Å². The van der Waals surface area contributed by atoms with Crippen LogP contribution in [0.25, 0.3) is 10.2 Å². The topological polar surface area (TPSA) is 94.6 Å². The van der Waals surface area contributed by atoms with E-state index in [4.69, 9.17) is 5.11 Å². The number of carbonyl (C=O) groups excluding carboxylic acids is 1. The van der Waals surface area contributed by atoms with Crippen LogP contribution in [0, 0.1) is 9.39 Å². The molecule has 0 radical (unpaired) electrons. The van der Waals surface area contributed by atoms with Crippen LogP contribution in [0.4, 0.5) is 19.9 Å². The number of anilines is 2. The zero-order valence-corrected chi connectivity index (χ0v) is 18.7. The maximum absolute atomic E-state index is 14.4. The fourth-order valence-electron chi connectivity index (χ4n) is 3.51. The quantitative estimate of drug-likeness (QED) is 0.419. The molecule has 3 aromatic rings. The third-order valence-corrected chi connectivity index (χ3v) is 6.67. The number of benzene rings is 1. The number of pyridine rings is 1. The number of halogens is 2. The lowest BCUT2D eigenvalue weighted by molar-refractivity contribution is 0.0709. The number of nitrogens with one attached hydrogen (secondary N) is 2. The Hall–Kier alpha value is -2.47. The predicted octanol–water partition coefficient (Wildman–Crippen LogP) is 4.66. The van der Waals surface area contributed by atoms with Crippen molar-refractivity contribution in [3.8, 4) is 0 Å². The highest BCUT2D eigenvalue weighted by molar-refractivity contribution is 14.1. The van der Waals surface area contributed by atoms with Crippen molar-refractivity contribution in [1.29, 1.82) is 0 Å². The average Bonchev–Trinajstić information content (AvgIpc) is 3.07. The van der Waals surface area contributed by atoms with E-state index in [-0.39, 0.29) is 11.9 Å². The van der Waals surface area contributed by atoms with Crippen molar-refractivity contribution < 1.29 is 19.1 Å². The Morgan fingerprint density at radius 2 is 2.03 bits per heavy atom. The molecule has 1 saturated heterocycles. The van der Waals surface area contributed by atoms with Gasteiger partial charge in [0.15, 0.2) is 0 Å². The first-order valence-corrected chi connectivity index (χ1v) is 11.2. The van der Waals surface area contributed by atoms with Gasteiger partial charge in [0.2, 0.25) is 0 Å². The van der Waals surface area contributed by atoms with E-state index in [2.05, 4.69) is 15.6 Å². The number of piperidine rings is 1. The summed E-state index contributed by atoms with van der Waals surface area (Å²) >= 11 is 3.35. The molecule has 0 bridgehead atoms. The van der Waals surface area contributed by atoms with Crippen LogP contribution in [0.3, 0.4) is 0 Å². The Bertz CT molecular complexity index is 1110. The zero-order chi connectivity index (χ0) is 21.3. The van der Waals surface area contributed by atoms with E-state index in [1.807, 2.05) is 28.7 Å². The molecule has 0 saturated carbocycles. The van der Waals surface area contributed by atoms with Gasteiger partial charge in [0.05, 0.1) is 11.3 Å². The third kappa shape index (κ3) is 4.33. The van der Waals surface area contributed by atoms with Gasteiger partial charge in [-0.25, -0.2) is 14.2 Å². The minimum atomic E-state index is -1.05. The number of nitrogens with zero attached hydrogens (tertiary/aromatic N) is 2. The van der Waals surface area contributed by atoms with E-state index < -0.39 is 11.9 Å². The fourth-order valence-corrected chi connectivity index (χ4v) is 5.01. The molecule has 0 atom stereocenters. The molecule has 3 N–H and O–H groups in total. The first-order valence-electron chi connectivity index (χ1n) is 9.30. The number of aromatic nitrogens is 1. The molecule has 2 aromatic heterocycles. The number of hydrogen-bond acceptors (Lipinski definition) is 5. The van der Waals surface area contributed by atoms with Gasteiger partial charge in [-0.1, -0.05) is 11.3 Å². The summed E-state index contributed by atoms with van der Waals surface area (Å²) in [5, 5.41) is 15.7. The second-order valence-electron chi connectivity index (χ2n) is 6.93. The normalized spacial score (nSPS) is 14.7. The van der Waals surface area contributed by atoms with Crippen LogP contribution in [0.5, 0.6) is 0 Å². The van der Waals surface area contributed by atoms with E-state index >= 15 is 0 Å². The highest BCUT2D eigenvalue weighted by atomic mass is 127. The van der Waals surface area contributed by atoms with E-state index in [0.29, 0.717) is 52.4 Å². The van der Waals surface area contributed by atoms with Gasteiger partial charge in [-0.05, 0) is 65.8 Å². The Balaban J connectivity index is 1.63. The maximum atomic E-state index is 14.4. The first kappa shape index (κ1) is 20.8. The molecule has 1 aliphatic heterocycles. The number of likely N-dealkylation sites (tertiary alicyclic amines) is 1. The van der Waals surface area contributed by atoms with Crippen molar-refractivity contribution in [1.82, 2.24) is 15.2 Å². The van der Waals surface area contributed by atoms with Crippen molar-refractivity contribution in [2.45, 2.75) is 18.9 Å². The van der Waals surface area contributed by atoms with Crippen LogP contribution >= 0.6 is 33.9 Å². The number of carbonyl (C=O) groups is 2. The van der Waals surface area contributed by atoms with Crippen LogP contribution in [0.1, 0.15) is 23.2 Å². The molecule has 10 heteroatoms. The summed E-state index contributed by atoms with van der Waals surface area (Å²) in [5.41, 5.74) is 0.756. The fraction of sp³-hybridized carbons (Fsp3) is 0.250. The molecule has 7 nitrogen and oxygen atoms in total. The van der Waals surface area contributed by atoms with Gasteiger partial charge in [0, 0.05) is 34.3 Å². The lowest BCUT2D eigenvalue weighted by atomic mass is 10.0. The molecule has 156 valence electrons. The van der Waals surface area contributed by atoms with Crippen LogP contribution < -0.4 is 10.6 Å². The molecular weight excluding hydrogens is 522 g/mol. The van der Waals surface area contributed by atoms with Crippen LogP contribution in [-0.2, 0) is 0 Å². The minimum Gasteiger partial charge on any atom is -0.465 e. The third-order valence-electron chi connectivity index (χ3n) is 4.97. The lowest BCUT2D eigenvalue weighted by Gasteiger charge is -2.32. The summed E-state index contributed by atoms with van der Waals surface area (Å²) in [5.74, 6) is -0.567. The Labute approximate surface area is 189 Å². The molecule has 3 heterocycles. The summed E-state index contributed by atoms with van der Waals surface area (Å²) in [7, 11) is 0. The number of rotatable bonds is 4. The van der Waals surface area contributed by atoms with Gasteiger partial charge < -0.3 is 20.6 Å². The summed E-state index contributed by atoms with van der Waals surface area (Å²) in [4.78, 5) is 31.0. The lowest BCUT2D eigenvalue weighted by Crippen LogP contribution is -2.46. The van der Waals surface area contributed by atoms with Crippen molar-refractivity contribution >= 4 is 66.8 Å². The smallest absolute Gasteiger partial charge is 0.404 e. The number of thiophene rings is 1. The molecular formula is C20H18FIN4O3S. The highest BCUT2D eigenvalue weighted by Crippen LogP contribution is 2.38. The molecule has 0 unspecified atom stereocenters. The molecule has 4 rings (SSSR count). The molecule has 30 heavy (non-hydrogen) atoms. The zero-order valence-electron chi connectivity index (χ0n) is 15.7. The second-order valence-corrected chi connectivity index (χ2v) is 9.17. The van der Waals surface area contributed by atoms with Crippen molar-refractivity contribution in [3.63, 3.8) is 0 Å². The Kier molecular flexibility index (Phi) is 6.04. The molecule has 0 spiro atoms. The SMILES string of the molecule is O=C(O)NC1CCN(C(=O)c2c(Nc3ccc(I)cc3F)sc3ncccc23)CC1. The summed E-state index contributed by atoms with van der Waals surface area (Å²) in [6.07, 6.45) is 1.70. The monoisotopic (exact) mass is 540 g/mol. The standard InChI is InChI=1S/C20H18FIN4O3S/c21-14-10-11(22)3-4-15(14)25-18-16(13-2-1-7-23-17(13)30-18)19(27)26-8-5-12(6-9-26)24-20(28)29/h1-4,7,10,12,24-25H,5-6,8-9H2,(H,28,29). The summed E-state index contributed by atoms with van der Waals surface area (Å²) < 4.78 is 15.2. The number of amides is 2. The van der Waals surface area contributed by atoms with E-state index in [0.717, 1.165) is 3.57 Å². The van der Waals surface area contributed by atoms with E-state index in [1.165, 1.54) is 17.4 Å². The number of fused-ring (bicyclic) bond motifs is 1. The molecule has 1 fully saturated rings. The molecule has 2 amide bonds. The van der Waals surface area contributed by atoms with E-state index in [1.54, 1.807) is 29.3 Å². The largest absolute Gasteiger partial charge is 0.465 e. The average molecular weight is 540 g/mol. The van der Waals surface area contributed by atoms with Gasteiger partial charge in [0.1, 0.15) is 15.6 Å². The Morgan fingerprint density at radius 3 is 2.73 bits per heavy atom. The van der Waals surface area contributed by atoms with Crippen molar-refractivity contribution in [3.05, 3.63) is 51.5 Å². The highest BCUT2D eigenvalue weighted by Gasteiger charge is 2.29. The van der Waals surface area contributed by atoms with E-state index in [9.17, 15) is 14.0 Å². The number of hydrogen-bond donors (Lipinski definition) is 3. The van der Waals surface area contributed by atoms with Crippen molar-refractivity contribution in [2.24, 2.45) is 0 Å². The van der Waals surface area contributed by atoms with Gasteiger partial charge in [0.25, 0.3) is 5.91 Å². The maximum Gasteiger partial charge on any atom is 0.404 e. The van der Waals surface area contributed by atoms with Crippen LogP contribution in [0.2, 0.25) is 0 Å². The molecule has 1 aromatic carbocycles. The summed E-state index contributed by atoms with van der Waals surface area (Å²) in [6, 6.07) is 8.30. The molecule has 0 aliphatic carbocycles. The van der Waals surface area contributed by atoms with Gasteiger partial charge in [-0.3, -0.25) is 4.79 Å². The first-order chi connectivity index (χ1) is 14.4. The van der Waals surface area contributed by atoms with Gasteiger partial charge >= 0.3 is 6.09 Å². The summed E-state index contributed by atoms with van der Waals surface area (Å²) in [6.45, 7) is 0.886. The van der Waals surface area contributed by atoms with Gasteiger partial charge in [-0.2, -0.15) is 0 Å². The van der Waals surface area contributed by atoms with Crippen molar-refractivity contribution in [2.75, 3.05) is 18.4 Å². The van der Waals surface area contributed by atoms with Crippen LogP contribution in [-0.4, -0.2) is 46.1 Å². The second kappa shape index (κ2) is 8.72. The minimum absolute atomic E-state index is 0.161. The molecule has 1 aliphatic rings. The number of carboxylic acid groups (broad SMARTS) is 1.